The largest absolute Gasteiger partial charge is 0.333 e. The van der Waals surface area contributed by atoms with E-state index in [1.165, 1.54) is 0 Å². The molecular formula is C7H13IN2O. The molecule has 3 nitrogen and oxygen atoms in total. The minimum atomic E-state index is -0.0228. The summed E-state index contributed by atoms with van der Waals surface area (Å²) in [6.45, 7) is 4.24. The van der Waals surface area contributed by atoms with Gasteiger partial charge < -0.3 is 10.6 Å². The SMILES string of the molecule is CC(C)C1NC(=O)NC1CI. The molecule has 4 heteroatoms. The Labute approximate surface area is 80.4 Å². The van der Waals surface area contributed by atoms with Gasteiger partial charge in [-0.2, -0.15) is 0 Å². The van der Waals surface area contributed by atoms with Crippen molar-refractivity contribution in [2.24, 2.45) is 5.92 Å². The standard InChI is InChI=1S/C7H13IN2O/c1-4(2)6-5(3-8)9-7(11)10-6/h4-6H,3H2,1-2H3,(H2,9,10,11). The summed E-state index contributed by atoms with van der Waals surface area (Å²) >= 11 is 2.29. The Balaban J connectivity index is 2.57. The smallest absolute Gasteiger partial charge is 0.315 e. The van der Waals surface area contributed by atoms with Crippen LogP contribution in [-0.2, 0) is 0 Å². The average Bonchev–Trinajstić information content (AvgIpc) is 2.30. The lowest BCUT2D eigenvalue weighted by Gasteiger charge is -2.19. The van der Waals surface area contributed by atoms with Crippen molar-refractivity contribution in [1.82, 2.24) is 10.6 Å². The summed E-state index contributed by atoms with van der Waals surface area (Å²) in [6.07, 6.45) is 0. The molecule has 0 radical (unpaired) electrons. The first-order valence-electron chi connectivity index (χ1n) is 3.78. The van der Waals surface area contributed by atoms with E-state index in [4.69, 9.17) is 0 Å². The average molecular weight is 268 g/mol. The Morgan fingerprint density at radius 2 is 2.18 bits per heavy atom. The zero-order valence-electron chi connectivity index (χ0n) is 6.73. The number of nitrogens with one attached hydrogen (secondary N) is 2. The Hall–Kier alpha value is 0. The van der Waals surface area contributed by atoms with Crippen LogP contribution in [0.4, 0.5) is 4.79 Å². The molecule has 2 unspecified atom stereocenters. The van der Waals surface area contributed by atoms with Gasteiger partial charge in [-0.25, -0.2) is 4.79 Å². The Bertz CT molecular complexity index is 161. The highest BCUT2D eigenvalue weighted by Gasteiger charge is 2.32. The molecule has 2 amide bonds. The maximum absolute atomic E-state index is 10.9. The molecule has 0 aromatic carbocycles. The van der Waals surface area contributed by atoms with E-state index in [-0.39, 0.29) is 6.03 Å². The Kier molecular flexibility index (Phi) is 2.98. The van der Waals surface area contributed by atoms with E-state index >= 15 is 0 Å². The van der Waals surface area contributed by atoms with Crippen LogP contribution in [0, 0.1) is 5.92 Å². The maximum atomic E-state index is 10.9. The molecule has 1 fully saturated rings. The molecule has 1 aliphatic heterocycles. The molecule has 0 aliphatic carbocycles. The van der Waals surface area contributed by atoms with Crippen molar-refractivity contribution in [3.05, 3.63) is 0 Å². The van der Waals surface area contributed by atoms with Crippen LogP contribution in [0.25, 0.3) is 0 Å². The third-order valence-corrected chi connectivity index (χ3v) is 2.88. The third kappa shape index (κ3) is 1.98. The predicted octanol–water partition coefficient (Wildman–Crippen LogP) is 1.13. The van der Waals surface area contributed by atoms with Crippen molar-refractivity contribution in [1.29, 1.82) is 0 Å². The van der Waals surface area contributed by atoms with Gasteiger partial charge in [0.2, 0.25) is 0 Å². The number of carbonyl (C=O) groups is 1. The van der Waals surface area contributed by atoms with Gasteiger partial charge in [-0.1, -0.05) is 36.4 Å². The van der Waals surface area contributed by atoms with Gasteiger partial charge in [0.05, 0.1) is 12.1 Å². The molecule has 1 rings (SSSR count). The molecule has 2 atom stereocenters. The number of carbonyl (C=O) groups excluding carboxylic acids is 1. The van der Waals surface area contributed by atoms with Gasteiger partial charge in [0.25, 0.3) is 0 Å². The van der Waals surface area contributed by atoms with E-state index in [1.54, 1.807) is 0 Å². The van der Waals surface area contributed by atoms with Crippen molar-refractivity contribution >= 4 is 28.6 Å². The van der Waals surface area contributed by atoms with Crippen LogP contribution in [0.1, 0.15) is 13.8 Å². The van der Waals surface area contributed by atoms with E-state index in [0.29, 0.717) is 18.0 Å². The zero-order valence-corrected chi connectivity index (χ0v) is 8.88. The van der Waals surface area contributed by atoms with Gasteiger partial charge in [0.1, 0.15) is 0 Å². The fraction of sp³-hybridized carbons (Fsp3) is 0.857. The van der Waals surface area contributed by atoms with E-state index in [9.17, 15) is 4.79 Å². The lowest BCUT2D eigenvalue weighted by Crippen LogP contribution is -2.38. The lowest BCUT2D eigenvalue weighted by molar-refractivity contribution is 0.246. The first-order valence-corrected chi connectivity index (χ1v) is 5.30. The topological polar surface area (TPSA) is 41.1 Å². The fourth-order valence-corrected chi connectivity index (χ4v) is 2.09. The molecule has 11 heavy (non-hydrogen) atoms. The summed E-state index contributed by atoms with van der Waals surface area (Å²) in [6, 6.07) is 0.591. The lowest BCUT2D eigenvalue weighted by atomic mass is 10.00. The van der Waals surface area contributed by atoms with Gasteiger partial charge in [-0.3, -0.25) is 0 Å². The number of hydrogen-bond acceptors (Lipinski definition) is 1. The van der Waals surface area contributed by atoms with Crippen molar-refractivity contribution in [2.75, 3.05) is 4.43 Å². The summed E-state index contributed by atoms with van der Waals surface area (Å²) in [5.41, 5.74) is 0. The van der Waals surface area contributed by atoms with Crippen LogP contribution < -0.4 is 10.6 Å². The maximum Gasteiger partial charge on any atom is 0.315 e. The van der Waals surface area contributed by atoms with Gasteiger partial charge in [-0.05, 0) is 5.92 Å². The quantitative estimate of drug-likeness (QED) is 0.572. The minimum Gasteiger partial charge on any atom is -0.333 e. The van der Waals surface area contributed by atoms with E-state index in [1.807, 2.05) is 0 Å². The summed E-state index contributed by atoms with van der Waals surface area (Å²) in [7, 11) is 0. The van der Waals surface area contributed by atoms with Gasteiger partial charge >= 0.3 is 6.03 Å². The summed E-state index contributed by atoms with van der Waals surface area (Å²) in [4.78, 5) is 10.9. The van der Waals surface area contributed by atoms with Crippen LogP contribution >= 0.6 is 22.6 Å². The van der Waals surface area contributed by atoms with Crippen LogP contribution in [0.15, 0.2) is 0 Å². The molecular weight excluding hydrogens is 255 g/mol. The molecule has 1 heterocycles. The number of urea groups is 1. The molecule has 0 saturated carbocycles. The van der Waals surface area contributed by atoms with Crippen LogP contribution in [0.3, 0.4) is 0 Å². The number of rotatable bonds is 2. The minimum absolute atomic E-state index is 0.0228. The second-order valence-electron chi connectivity index (χ2n) is 3.15. The van der Waals surface area contributed by atoms with Crippen molar-refractivity contribution in [3.8, 4) is 0 Å². The zero-order chi connectivity index (χ0) is 8.43. The molecule has 0 aromatic heterocycles. The molecule has 0 aromatic rings. The third-order valence-electron chi connectivity index (χ3n) is 1.93. The highest BCUT2D eigenvalue weighted by molar-refractivity contribution is 14.1. The molecule has 1 aliphatic rings. The molecule has 0 spiro atoms. The van der Waals surface area contributed by atoms with Gasteiger partial charge in [0, 0.05) is 4.43 Å². The van der Waals surface area contributed by atoms with Crippen LogP contribution in [-0.4, -0.2) is 22.5 Å². The molecule has 64 valence electrons. The van der Waals surface area contributed by atoms with Crippen LogP contribution in [0.2, 0.25) is 0 Å². The van der Waals surface area contributed by atoms with Gasteiger partial charge in [0.15, 0.2) is 0 Å². The first-order chi connectivity index (χ1) is 5.15. The highest BCUT2D eigenvalue weighted by atomic mass is 127. The van der Waals surface area contributed by atoms with Crippen LogP contribution in [0.5, 0.6) is 0 Å². The summed E-state index contributed by atoms with van der Waals surface area (Å²) in [5.74, 6) is 0.508. The summed E-state index contributed by atoms with van der Waals surface area (Å²) < 4.78 is 0.972. The molecule has 1 saturated heterocycles. The predicted molar refractivity (Wildman–Crippen MR) is 53.0 cm³/mol. The van der Waals surface area contributed by atoms with Gasteiger partial charge in [-0.15, -0.1) is 0 Å². The number of amides is 2. The fourth-order valence-electron chi connectivity index (χ4n) is 1.32. The number of alkyl halides is 1. The van der Waals surface area contributed by atoms with Crippen molar-refractivity contribution in [3.63, 3.8) is 0 Å². The normalized spacial score (nSPS) is 30.4. The molecule has 0 bridgehead atoms. The number of halogens is 1. The second kappa shape index (κ2) is 3.60. The van der Waals surface area contributed by atoms with E-state index in [2.05, 4.69) is 47.1 Å². The highest BCUT2D eigenvalue weighted by Crippen LogP contribution is 2.13. The number of hydrogen-bond donors (Lipinski definition) is 2. The second-order valence-corrected chi connectivity index (χ2v) is 4.03. The van der Waals surface area contributed by atoms with Crippen molar-refractivity contribution in [2.45, 2.75) is 25.9 Å². The summed E-state index contributed by atoms with van der Waals surface area (Å²) in [5, 5.41) is 5.78. The van der Waals surface area contributed by atoms with Crippen molar-refractivity contribution < 1.29 is 4.79 Å². The monoisotopic (exact) mass is 268 g/mol. The molecule has 2 N–H and O–H groups in total. The van der Waals surface area contributed by atoms with E-state index < -0.39 is 0 Å². The Morgan fingerprint density at radius 1 is 1.55 bits per heavy atom. The van der Waals surface area contributed by atoms with E-state index in [0.717, 1.165) is 4.43 Å². The Morgan fingerprint density at radius 3 is 2.55 bits per heavy atom. The first kappa shape index (κ1) is 9.09.